The molecule has 1 aromatic heterocycles. The van der Waals surface area contributed by atoms with Gasteiger partial charge in [0.05, 0.1) is 18.2 Å². The number of aromatic nitrogens is 2. The van der Waals surface area contributed by atoms with Crippen molar-refractivity contribution in [2.24, 2.45) is 0 Å². The Hall–Kier alpha value is -2.01. The summed E-state index contributed by atoms with van der Waals surface area (Å²) >= 11 is 6.22. The van der Waals surface area contributed by atoms with Crippen LogP contribution in [0, 0.1) is 0 Å². The maximum atomic E-state index is 6.22. The number of benzene rings is 1. The molecule has 98 valence electrons. The fourth-order valence-electron chi connectivity index (χ4n) is 1.87. The molecule has 0 spiro atoms. The smallest absolute Gasteiger partial charge is 0.179 e. The molecule has 0 saturated carbocycles. The third kappa shape index (κ3) is 2.42. The van der Waals surface area contributed by atoms with E-state index in [4.69, 9.17) is 26.8 Å². The summed E-state index contributed by atoms with van der Waals surface area (Å²) in [4.78, 5) is 8.35. The molecule has 0 saturated heterocycles. The van der Waals surface area contributed by atoms with Gasteiger partial charge >= 0.3 is 0 Å². The summed E-state index contributed by atoms with van der Waals surface area (Å²) < 4.78 is 11.2. The first kappa shape index (κ1) is 12.0. The minimum Gasteiger partial charge on any atom is -0.489 e. The maximum Gasteiger partial charge on any atom is 0.179 e. The fraction of sp³-hybridized carbons (Fsp3) is 0.231. The number of halogens is 1. The number of fused-ring (bicyclic) bond motifs is 1. The van der Waals surface area contributed by atoms with Crippen LogP contribution in [0.3, 0.4) is 0 Å². The van der Waals surface area contributed by atoms with E-state index in [1.165, 1.54) is 0 Å². The Balaban J connectivity index is 2.09. The van der Waals surface area contributed by atoms with Crippen LogP contribution in [0.1, 0.15) is 6.42 Å². The number of ether oxygens (including phenoxy) is 2. The van der Waals surface area contributed by atoms with Gasteiger partial charge in [-0.15, -0.1) is 0 Å². The molecular formula is C13H12ClN3O2. The second kappa shape index (κ2) is 4.93. The quantitative estimate of drug-likeness (QED) is 0.867. The molecule has 0 unspecified atom stereocenters. The zero-order chi connectivity index (χ0) is 13.2. The van der Waals surface area contributed by atoms with Crippen molar-refractivity contribution in [2.75, 3.05) is 18.9 Å². The van der Waals surface area contributed by atoms with Crippen LogP contribution in [-0.4, -0.2) is 23.2 Å². The Morgan fingerprint density at radius 3 is 2.89 bits per heavy atom. The molecule has 0 fully saturated rings. The number of rotatable bonds is 1. The molecule has 1 aliphatic heterocycles. The first-order valence-corrected chi connectivity index (χ1v) is 6.30. The lowest BCUT2D eigenvalue weighted by molar-refractivity contribution is 0.297. The highest BCUT2D eigenvalue weighted by Crippen LogP contribution is 2.40. The van der Waals surface area contributed by atoms with Crippen molar-refractivity contribution < 1.29 is 9.47 Å². The van der Waals surface area contributed by atoms with E-state index in [9.17, 15) is 0 Å². The average Bonchev–Trinajstić information content (AvgIpc) is 2.64. The molecule has 5 nitrogen and oxygen atoms in total. The number of hydrogen-bond acceptors (Lipinski definition) is 5. The van der Waals surface area contributed by atoms with Gasteiger partial charge in [0.25, 0.3) is 0 Å². The predicted octanol–water partition coefficient (Wildman–Crippen LogP) is 2.54. The van der Waals surface area contributed by atoms with Crippen molar-refractivity contribution >= 4 is 17.4 Å². The molecule has 19 heavy (non-hydrogen) atoms. The summed E-state index contributed by atoms with van der Waals surface area (Å²) in [6.45, 7) is 1.20. The Labute approximate surface area is 115 Å². The predicted molar refractivity (Wildman–Crippen MR) is 72.5 cm³/mol. The molecular weight excluding hydrogens is 266 g/mol. The molecule has 1 aliphatic rings. The molecule has 6 heteroatoms. The highest BCUT2D eigenvalue weighted by Gasteiger charge is 2.17. The number of nitrogen functional groups attached to an aromatic ring is 1. The van der Waals surface area contributed by atoms with Crippen molar-refractivity contribution in [3.8, 4) is 22.9 Å². The number of hydrogen-bond donors (Lipinski definition) is 1. The van der Waals surface area contributed by atoms with Gasteiger partial charge in [-0.1, -0.05) is 11.6 Å². The Morgan fingerprint density at radius 1 is 1.21 bits per heavy atom. The summed E-state index contributed by atoms with van der Waals surface area (Å²) in [7, 11) is 0. The highest BCUT2D eigenvalue weighted by molar-refractivity contribution is 6.32. The topological polar surface area (TPSA) is 70.3 Å². The lowest BCUT2D eigenvalue weighted by atomic mass is 10.2. The van der Waals surface area contributed by atoms with Crippen molar-refractivity contribution in [3.05, 3.63) is 29.4 Å². The highest BCUT2D eigenvalue weighted by atomic mass is 35.5. The fourth-order valence-corrected chi connectivity index (χ4v) is 2.14. The van der Waals surface area contributed by atoms with Crippen molar-refractivity contribution in [3.63, 3.8) is 0 Å². The molecule has 0 amide bonds. The van der Waals surface area contributed by atoms with E-state index < -0.39 is 0 Å². The van der Waals surface area contributed by atoms with Gasteiger partial charge in [0.15, 0.2) is 17.3 Å². The summed E-state index contributed by atoms with van der Waals surface area (Å²) in [5, 5.41) is 0.487. The second-order valence-corrected chi connectivity index (χ2v) is 4.55. The molecule has 0 radical (unpaired) electrons. The standard InChI is InChI=1S/C13H12ClN3O2/c14-9-6-8(13-16-3-2-11(15)17-13)7-10-12(9)19-5-1-4-18-10/h2-3,6-7H,1,4-5H2,(H2,15,16,17). The van der Waals surface area contributed by atoms with E-state index in [2.05, 4.69) is 9.97 Å². The van der Waals surface area contributed by atoms with Crippen molar-refractivity contribution in [1.29, 1.82) is 0 Å². The van der Waals surface area contributed by atoms with Crippen LogP contribution in [0.4, 0.5) is 5.82 Å². The lowest BCUT2D eigenvalue weighted by Gasteiger charge is -2.11. The van der Waals surface area contributed by atoms with Gasteiger partial charge in [0, 0.05) is 18.2 Å². The van der Waals surface area contributed by atoms with Gasteiger partial charge < -0.3 is 15.2 Å². The molecule has 0 bridgehead atoms. The average molecular weight is 278 g/mol. The van der Waals surface area contributed by atoms with Crippen molar-refractivity contribution in [2.45, 2.75) is 6.42 Å². The van der Waals surface area contributed by atoms with Crippen LogP contribution < -0.4 is 15.2 Å². The first-order chi connectivity index (χ1) is 9.24. The molecule has 2 heterocycles. The third-order valence-corrected chi connectivity index (χ3v) is 3.02. The largest absolute Gasteiger partial charge is 0.489 e. The number of nitrogens with zero attached hydrogens (tertiary/aromatic N) is 2. The summed E-state index contributed by atoms with van der Waals surface area (Å²) in [6.07, 6.45) is 2.43. The third-order valence-electron chi connectivity index (χ3n) is 2.74. The van der Waals surface area contributed by atoms with Crippen molar-refractivity contribution in [1.82, 2.24) is 9.97 Å². The van der Waals surface area contributed by atoms with Gasteiger partial charge in [-0.05, 0) is 18.2 Å². The number of nitrogens with two attached hydrogens (primary N) is 1. The first-order valence-electron chi connectivity index (χ1n) is 5.92. The van der Waals surface area contributed by atoms with Crippen LogP contribution in [0.25, 0.3) is 11.4 Å². The Kier molecular flexibility index (Phi) is 3.13. The SMILES string of the molecule is Nc1ccnc(-c2cc(Cl)c3c(c2)OCCCO3)n1. The van der Waals surface area contributed by atoms with Crippen LogP contribution in [0.15, 0.2) is 24.4 Å². The van der Waals surface area contributed by atoms with Gasteiger partial charge in [-0.25, -0.2) is 9.97 Å². The van der Waals surface area contributed by atoms with Gasteiger partial charge in [0.2, 0.25) is 0 Å². The van der Waals surface area contributed by atoms with Crippen LogP contribution in [-0.2, 0) is 0 Å². The van der Waals surface area contributed by atoms with E-state index in [1.54, 1.807) is 18.3 Å². The molecule has 1 aromatic carbocycles. The van der Waals surface area contributed by atoms with Gasteiger partial charge in [0.1, 0.15) is 5.82 Å². The monoisotopic (exact) mass is 277 g/mol. The second-order valence-electron chi connectivity index (χ2n) is 4.14. The minimum atomic E-state index is 0.410. The lowest BCUT2D eigenvalue weighted by Crippen LogP contribution is -1.97. The zero-order valence-corrected chi connectivity index (χ0v) is 10.9. The normalized spacial score (nSPS) is 13.9. The maximum absolute atomic E-state index is 6.22. The van der Waals surface area contributed by atoms with Crippen LogP contribution in [0.5, 0.6) is 11.5 Å². The molecule has 3 rings (SSSR count). The van der Waals surface area contributed by atoms with E-state index in [-0.39, 0.29) is 0 Å². The van der Waals surface area contributed by atoms with E-state index >= 15 is 0 Å². The summed E-state index contributed by atoms with van der Waals surface area (Å²) in [5.74, 6) is 2.11. The Bertz CT molecular complexity index is 619. The van der Waals surface area contributed by atoms with E-state index in [0.29, 0.717) is 41.4 Å². The Morgan fingerprint density at radius 2 is 2.05 bits per heavy atom. The van der Waals surface area contributed by atoms with Gasteiger partial charge in [-0.3, -0.25) is 0 Å². The zero-order valence-electron chi connectivity index (χ0n) is 10.1. The minimum absolute atomic E-state index is 0.410. The molecule has 0 atom stereocenters. The molecule has 2 N–H and O–H groups in total. The van der Waals surface area contributed by atoms with E-state index in [1.807, 2.05) is 6.07 Å². The summed E-state index contributed by atoms with van der Waals surface area (Å²) in [5.41, 5.74) is 6.41. The number of anilines is 1. The molecule has 0 aliphatic carbocycles. The molecule has 2 aromatic rings. The van der Waals surface area contributed by atoms with E-state index in [0.717, 1.165) is 12.0 Å². The van der Waals surface area contributed by atoms with Crippen LogP contribution >= 0.6 is 11.6 Å². The van der Waals surface area contributed by atoms with Crippen LogP contribution in [0.2, 0.25) is 5.02 Å². The summed E-state index contributed by atoms with van der Waals surface area (Å²) in [6, 6.07) is 5.21. The van der Waals surface area contributed by atoms with Gasteiger partial charge in [-0.2, -0.15) is 0 Å².